The number of nitrogens with zero attached hydrogens (tertiary/aromatic N) is 3. The Morgan fingerprint density at radius 2 is 1.86 bits per heavy atom. The summed E-state index contributed by atoms with van der Waals surface area (Å²) in [5.41, 5.74) is 2.19. The predicted octanol–water partition coefficient (Wildman–Crippen LogP) is 3.74. The van der Waals surface area contributed by atoms with E-state index in [1.807, 2.05) is 12.1 Å². The van der Waals surface area contributed by atoms with Crippen LogP contribution < -0.4 is 19.7 Å². The van der Waals surface area contributed by atoms with Crippen LogP contribution in [0.15, 0.2) is 48.7 Å². The van der Waals surface area contributed by atoms with Crippen molar-refractivity contribution in [2.24, 2.45) is 0 Å². The minimum atomic E-state index is -0.571. The van der Waals surface area contributed by atoms with Crippen LogP contribution >= 0.6 is 0 Å². The number of anilines is 2. The molecule has 2 N–H and O–H groups in total. The van der Waals surface area contributed by atoms with Gasteiger partial charge in [-0.05, 0) is 31.0 Å². The first-order valence-electron chi connectivity index (χ1n) is 11.8. The summed E-state index contributed by atoms with van der Waals surface area (Å²) in [6.45, 7) is 0.442. The molecule has 2 aliphatic rings. The summed E-state index contributed by atoms with van der Waals surface area (Å²) < 4.78 is 11.0. The molecule has 3 amide bonds. The first kappa shape index (κ1) is 23.4. The van der Waals surface area contributed by atoms with Gasteiger partial charge >= 0.3 is 0 Å². The first-order chi connectivity index (χ1) is 17.5. The van der Waals surface area contributed by atoms with Crippen LogP contribution in [0.1, 0.15) is 58.1 Å². The van der Waals surface area contributed by atoms with Crippen molar-refractivity contribution in [2.45, 2.75) is 31.8 Å². The fourth-order valence-electron chi connectivity index (χ4n) is 4.93. The molecule has 0 bridgehead atoms. The molecule has 186 valence electrons. The lowest BCUT2D eigenvalue weighted by molar-refractivity contribution is -0.116. The van der Waals surface area contributed by atoms with E-state index >= 15 is 0 Å². The standard InChI is InChI=1S/C26H27N5O5/c1-35-19-12-11-17-22(23(19)36-2)26(34)31-18-9-6-5-8-16(18)25(33)30(24(17)31)15-7-3-4-10-21(32)28-20-13-14-27-29-20/h5-6,8-9,11-14,24H,3-4,7,10,15H2,1-2H3,(H2,27,28,29,32)/t24-/m0/s1. The van der Waals surface area contributed by atoms with Gasteiger partial charge in [0.25, 0.3) is 11.8 Å². The Labute approximate surface area is 208 Å². The largest absolute Gasteiger partial charge is 0.493 e. The number of methoxy groups -OCH3 is 2. The lowest BCUT2D eigenvalue weighted by Gasteiger charge is -2.41. The number of carbonyl (C=O) groups excluding carboxylic acids is 3. The SMILES string of the molecule is COc1ccc2c(c1OC)C(=O)N1c3ccccc3C(=O)N(CCCCCC(=O)Nc3ccn[nH]3)[C@H]21. The Morgan fingerprint density at radius 3 is 2.61 bits per heavy atom. The molecule has 2 aromatic carbocycles. The van der Waals surface area contributed by atoms with Gasteiger partial charge in [0, 0.05) is 24.6 Å². The third kappa shape index (κ3) is 3.94. The van der Waals surface area contributed by atoms with Crippen LogP contribution in [-0.4, -0.2) is 53.6 Å². The number of amides is 3. The molecule has 0 saturated carbocycles. The van der Waals surface area contributed by atoms with Crippen LogP contribution in [0.25, 0.3) is 0 Å². The van der Waals surface area contributed by atoms with Gasteiger partial charge in [0.05, 0.1) is 37.2 Å². The van der Waals surface area contributed by atoms with E-state index in [-0.39, 0.29) is 17.7 Å². The molecule has 36 heavy (non-hydrogen) atoms. The molecule has 1 atom stereocenters. The summed E-state index contributed by atoms with van der Waals surface area (Å²) in [7, 11) is 3.03. The quantitative estimate of drug-likeness (QED) is 0.442. The molecule has 0 saturated heterocycles. The zero-order valence-corrected chi connectivity index (χ0v) is 20.1. The minimum Gasteiger partial charge on any atom is -0.493 e. The second kappa shape index (κ2) is 9.73. The van der Waals surface area contributed by atoms with Crippen molar-refractivity contribution in [2.75, 3.05) is 31.0 Å². The normalized spacial score (nSPS) is 15.9. The van der Waals surface area contributed by atoms with E-state index in [1.54, 1.807) is 46.3 Å². The van der Waals surface area contributed by atoms with Crippen LogP contribution in [-0.2, 0) is 4.79 Å². The van der Waals surface area contributed by atoms with E-state index in [2.05, 4.69) is 15.5 Å². The van der Waals surface area contributed by atoms with Crippen molar-refractivity contribution in [3.05, 3.63) is 65.4 Å². The molecule has 1 aromatic heterocycles. The lowest BCUT2D eigenvalue weighted by Crippen LogP contribution is -2.48. The molecule has 5 rings (SSSR count). The molecule has 10 nitrogen and oxygen atoms in total. The maximum atomic E-state index is 13.7. The van der Waals surface area contributed by atoms with Gasteiger partial charge in [-0.25, -0.2) is 0 Å². The number of H-pyrrole nitrogens is 1. The number of ether oxygens (including phenoxy) is 2. The lowest BCUT2D eigenvalue weighted by atomic mass is 10.0. The molecule has 3 aromatic rings. The van der Waals surface area contributed by atoms with Gasteiger partial charge < -0.3 is 19.7 Å². The van der Waals surface area contributed by atoms with Crippen molar-refractivity contribution in [1.82, 2.24) is 15.1 Å². The van der Waals surface area contributed by atoms with E-state index < -0.39 is 6.17 Å². The number of rotatable bonds is 9. The third-order valence-corrected chi connectivity index (χ3v) is 6.56. The zero-order chi connectivity index (χ0) is 25.2. The fourth-order valence-corrected chi connectivity index (χ4v) is 4.93. The van der Waals surface area contributed by atoms with Crippen molar-refractivity contribution in [3.63, 3.8) is 0 Å². The van der Waals surface area contributed by atoms with E-state index in [9.17, 15) is 14.4 Å². The Kier molecular flexibility index (Phi) is 6.32. The number of aromatic nitrogens is 2. The number of hydrogen-bond acceptors (Lipinski definition) is 6. The molecule has 0 unspecified atom stereocenters. The first-order valence-corrected chi connectivity index (χ1v) is 11.8. The summed E-state index contributed by atoms with van der Waals surface area (Å²) in [6.07, 6.45) is 3.48. The van der Waals surface area contributed by atoms with Gasteiger partial charge in [0.2, 0.25) is 5.91 Å². The van der Waals surface area contributed by atoms with E-state index in [1.165, 1.54) is 14.2 Å². The maximum absolute atomic E-state index is 13.7. The number of nitrogens with one attached hydrogen (secondary N) is 2. The van der Waals surface area contributed by atoms with Crippen molar-refractivity contribution < 1.29 is 23.9 Å². The average Bonchev–Trinajstić information content (AvgIpc) is 3.51. The maximum Gasteiger partial charge on any atom is 0.264 e. The molecular formula is C26H27N5O5. The molecule has 2 aliphatic heterocycles. The van der Waals surface area contributed by atoms with Gasteiger partial charge in [-0.3, -0.25) is 24.4 Å². The van der Waals surface area contributed by atoms with E-state index in [0.717, 1.165) is 6.42 Å². The highest BCUT2D eigenvalue weighted by Gasteiger charge is 2.49. The van der Waals surface area contributed by atoms with Gasteiger partial charge in [-0.2, -0.15) is 5.10 Å². The fraction of sp³-hybridized carbons (Fsp3) is 0.308. The highest BCUT2D eigenvalue weighted by atomic mass is 16.5. The summed E-state index contributed by atoms with van der Waals surface area (Å²) >= 11 is 0. The monoisotopic (exact) mass is 489 g/mol. The van der Waals surface area contributed by atoms with Crippen LogP contribution in [0.3, 0.4) is 0 Å². The van der Waals surface area contributed by atoms with Crippen molar-refractivity contribution >= 4 is 29.2 Å². The Hall–Kier alpha value is -4.34. The molecule has 0 radical (unpaired) electrons. The second-order valence-electron chi connectivity index (χ2n) is 8.66. The topological polar surface area (TPSA) is 117 Å². The Balaban J connectivity index is 1.35. The summed E-state index contributed by atoms with van der Waals surface area (Å²) in [6, 6.07) is 12.4. The number of benzene rings is 2. The minimum absolute atomic E-state index is 0.0928. The molecule has 10 heteroatoms. The highest BCUT2D eigenvalue weighted by Crippen LogP contribution is 2.49. The van der Waals surface area contributed by atoms with Crippen LogP contribution in [0, 0.1) is 0 Å². The summed E-state index contributed by atoms with van der Waals surface area (Å²) in [4.78, 5) is 42.8. The van der Waals surface area contributed by atoms with Crippen LogP contribution in [0.4, 0.5) is 11.5 Å². The number of para-hydroxylation sites is 1. The zero-order valence-electron chi connectivity index (χ0n) is 20.1. The average molecular weight is 490 g/mol. The van der Waals surface area contributed by atoms with Gasteiger partial charge in [-0.15, -0.1) is 0 Å². The van der Waals surface area contributed by atoms with Gasteiger partial charge in [0.15, 0.2) is 11.5 Å². The van der Waals surface area contributed by atoms with Gasteiger partial charge in [-0.1, -0.05) is 24.6 Å². The van der Waals surface area contributed by atoms with Crippen molar-refractivity contribution in [3.8, 4) is 11.5 Å². The molecule has 0 spiro atoms. The molecular weight excluding hydrogens is 462 g/mol. The Morgan fingerprint density at radius 1 is 1.03 bits per heavy atom. The number of carbonyl (C=O) groups is 3. The molecule has 0 fully saturated rings. The number of fused-ring (bicyclic) bond motifs is 5. The number of unbranched alkanes of at least 4 members (excludes halogenated alkanes) is 2. The smallest absolute Gasteiger partial charge is 0.264 e. The third-order valence-electron chi connectivity index (χ3n) is 6.56. The number of hydrogen-bond donors (Lipinski definition) is 2. The summed E-state index contributed by atoms with van der Waals surface area (Å²) in [5.74, 6) is 0.941. The van der Waals surface area contributed by atoms with E-state index in [4.69, 9.17) is 9.47 Å². The molecule has 0 aliphatic carbocycles. The number of aromatic amines is 1. The van der Waals surface area contributed by atoms with Gasteiger partial charge in [0.1, 0.15) is 12.0 Å². The Bertz CT molecular complexity index is 1310. The van der Waals surface area contributed by atoms with Crippen molar-refractivity contribution in [1.29, 1.82) is 0 Å². The second-order valence-corrected chi connectivity index (χ2v) is 8.66. The summed E-state index contributed by atoms with van der Waals surface area (Å²) in [5, 5.41) is 9.27. The van der Waals surface area contributed by atoms with Crippen LogP contribution in [0.5, 0.6) is 11.5 Å². The highest BCUT2D eigenvalue weighted by molar-refractivity contribution is 6.18. The predicted molar refractivity (Wildman–Crippen MR) is 132 cm³/mol. The van der Waals surface area contributed by atoms with Crippen LogP contribution in [0.2, 0.25) is 0 Å². The van der Waals surface area contributed by atoms with E-state index in [0.29, 0.717) is 65.5 Å². The molecule has 3 heterocycles.